The molecule has 0 spiro atoms. The van der Waals surface area contributed by atoms with Crippen molar-refractivity contribution in [3.63, 3.8) is 0 Å². The molecule has 0 bridgehead atoms. The molecule has 1 aromatic rings. The van der Waals surface area contributed by atoms with Gasteiger partial charge in [0.2, 0.25) is 0 Å². The number of aromatic nitrogens is 1. The number of pyridine rings is 1. The van der Waals surface area contributed by atoms with E-state index < -0.39 is 0 Å². The van der Waals surface area contributed by atoms with E-state index in [1.54, 1.807) is 31.8 Å². The zero-order valence-electron chi connectivity index (χ0n) is 7.84. The van der Waals surface area contributed by atoms with E-state index in [2.05, 4.69) is 0 Å². The molecule has 66 valence electrons. The Labute approximate surface area is 71.6 Å². The third-order valence-electron chi connectivity index (χ3n) is 1.93. The summed E-state index contributed by atoms with van der Waals surface area (Å²) in [6, 6.07) is 0. The Balaban J connectivity index is 3.52. The zero-order chi connectivity index (χ0) is 9.30. The van der Waals surface area contributed by atoms with Crippen molar-refractivity contribution in [1.29, 1.82) is 0 Å². The topological polar surface area (TPSA) is 31.2 Å². The molecule has 0 aliphatic rings. The van der Waals surface area contributed by atoms with Gasteiger partial charge in [0.25, 0.3) is 5.56 Å². The van der Waals surface area contributed by atoms with Crippen LogP contribution >= 0.6 is 0 Å². The molecule has 1 aromatic heterocycles. The second-order valence-corrected chi connectivity index (χ2v) is 2.89. The average molecular weight is 167 g/mol. The van der Waals surface area contributed by atoms with Gasteiger partial charge in [0, 0.05) is 18.8 Å². The van der Waals surface area contributed by atoms with E-state index in [1.807, 2.05) is 6.92 Å². The lowest BCUT2D eigenvalue weighted by Crippen LogP contribution is -2.20. The van der Waals surface area contributed by atoms with Gasteiger partial charge in [-0.3, -0.25) is 4.79 Å². The van der Waals surface area contributed by atoms with Gasteiger partial charge >= 0.3 is 0 Å². The number of ether oxygens (including phenoxy) is 1. The van der Waals surface area contributed by atoms with Gasteiger partial charge in [0.05, 0.1) is 12.7 Å². The molecule has 3 heteroatoms. The Morgan fingerprint density at radius 2 is 2.00 bits per heavy atom. The van der Waals surface area contributed by atoms with E-state index in [0.717, 1.165) is 5.56 Å². The van der Waals surface area contributed by atoms with Crippen LogP contribution in [0.1, 0.15) is 11.1 Å². The molecule has 0 radical (unpaired) electrons. The van der Waals surface area contributed by atoms with Crippen LogP contribution in [0, 0.1) is 13.8 Å². The van der Waals surface area contributed by atoms with Crippen LogP contribution in [0.2, 0.25) is 0 Å². The summed E-state index contributed by atoms with van der Waals surface area (Å²) in [5.41, 5.74) is 1.65. The molecule has 0 aliphatic heterocycles. The SMILES string of the molecule is COc1c(C)cn(C)c(=O)c1C. The maximum absolute atomic E-state index is 11.4. The normalized spacial score (nSPS) is 10.0. The summed E-state index contributed by atoms with van der Waals surface area (Å²) in [4.78, 5) is 11.4. The van der Waals surface area contributed by atoms with Crippen molar-refractivity contribution >= 4 is 0 Å². The van der Waals surface area contributed by atoms with Gasteiger partial charge in [0.15, 0.2) is 0 Å². The van der Waals surface area contributed by atoms with Crippen LogP contribution < -0.4 is 10.3 Å². The Bertz CT molecular complexity index is 352. The molecule has 0 saturated carbocycles. The van der Waals surface area contributed by atoms with E-state index in [9.17, 15) is 4.79 Å². The highest BCUT2D eigenvalue weighted by Crippen LogP contribution is 2.17. The van der Waals surface area contributed by atoms with Gasteiger partial charge in [-0.1, -0.05) is 0 Å². The lowest BCUT2D eigenvalue weighted by Gasteiger charge is -2.09. The predicted octanol–water partition coefficient (Wildman–Crippen LogP) is 1.01. The molecular formula is C9H13NO2. The largest absolute Gasteiger partial charge is 0.496 e. The Morgan fingerprint density at radius 1 is 1.42 bits per heavy atom. The molecule has 0 aromatic carbocycles. The lowest BCUT2D eigenvalue weighted by molar-refractivity contribution is 0.406. The molecule has 0 unspecified atom stereocenters. The maximum Gasteiger partial charge on any atom is 0.256 e. The van der Waals surface area contributed by atoms with Crippen LogP contribution in [0.3, 0.4) is 0 Å². The predicted molar refractivity (Wildman–Crippen MR) is 47.7 cm³/mol. The smallest absolute Gasteiger partial charge is 0.256 e. The summed E-state index contributed by atoms with van der Waals surface area (Å²) >= 11 is 0. The van der Waals surface area contributed by atoms with E-state index in [0.29, 0.717) is 11.3 Å². The van der Waals surface area contributed by atoms with Gasteiger partial charge in [-0.15, -0.1) is 0 Å². The standard InChI is InChI=1S/C9H13NO2/c1-6-5-10(3)9(11)7(2)8(6)12-4/h5H,1-4H3. The minimum atomic E-state index is -0.00236. The summed E-state index contributed by atoms with van der Waals surface area (Å²) in [6.07, 6.45) is 1.77. The second-order valence-electron chi connectivity index (χ2n) is 2.89. The van der Waals surface area contributed by atoms with Gasteiger partial charge in [-0.2, -0.15) is 0 Å². The molecule has 1 heterocycles. The number of hydrogen-bond acceptors (Lipinski definition) is 2. The summed E-state index contributed by atoms with van der Waals surface area (Å²) < 4.78 is 6.66. The van der Waals surface area contributed by atoms with Gasteiger partial charge < -0.3 is 9.30 Å². The molecule has 0 aliphatic carbocycles. The van der Waals surface area contributed by atoms with Crippen molar-refractivity contribution in [3.8, 4) is 5.75 Å². The first-order chi connectivity index (χ1) is 5.57. The highest BCUT2D eigenvalue weighted by Gasteiger charge is 2.07. The quantitative estimate of drug-likeness (QED) is 0.625. The Morgan fingerprint density at radius 3 is 2.50 bits per heavy atom. The minimum absolute atomic E-state index is 0.00236. The van der Waals surface area contributed by atoms with Crippen LogP contribution in [0.15, 0.2) is 11.0 Å². The summed E-state index contributed by atoms with van der Waals surface area (Å²) in [6.45, 7) is 3.69. The van der Waals surface area contributed by atoms with E-state index in [-0.39, 0.29) is 5.56 Å². The third kappa shape index (κ3) is 1.22. The maximum atomic E-state index is 11.4. The summed E-state index contributed by atoms with van der Waals surface area (Å²) in [5.74, 6) is 0.693. The molecule has 0 atom stereocenters. The van der Waals surface area contributed by atoms with Gasteiger partial charge in [-0.25, -0.2) is 0 Å². The third-order valence-corrected chi connectivity index (χ3v) is 1.93. The first kappa shape index (κ1) is 8.84. The number of hydrogen-bond donors (Lipinski definition) is 0. The fourth-order valence-corrected chi connectivity index (χ4v) is 1.38. The van der Waals surface area contributed by atoms with Crippen LogP contribution in [0.5, 0.6) is 5.75 Å². The Kier molecular flexibility index (Phi) is 2.22. The Hall–Kier alpha value is -1.25. The first-order valence-corrected chi connectivity index (χ1v) is 3.78. The minimum Gasteiger partial charge on any atom is -0.496 e. The van der Waals surface area contributed by atoms with Crippen LogP contribution in [0.4, 0.5) is 0 Å². The lowest BCUT2D eigenvalue weighted by atomic mass is 10.2. The number of aryl methyl sites for hydroxylation is 2. The fourth-order valence-electron chi connectivity index (χ4n) is 1.38. The summed E-state index contributed by atoms with van der Waals surface area (Å²) in [7, 11) is 3.32. The second kappa shape index (κ2) is 3.01. The number of rotatable bonds is 1. The van der Waals surface area contributed by atoms with Crippen molar-refractivity contribution < 1.29 is 4.74 Å². The molecule has 0 fully saturated rings. The van der Waals surface area contributed by atoms with Crippen molar-refractivity contribution in [2.24, 2.45) is 7.05 Å². The van der Waals surface area contributed by atoms with E-state index >= 15 is 0 Å². The summed E-state index contributed by atoms with van der Waals surface area (Å²) in [5, 5.41) is 0. The van der Waals surface area contributed by atoms with E-state index in [1.165, 1.54) is 0 Å². The van der Waals surface area contributed by atoms with Crippen molar-refractivity contribution in [2.45, 2.75) is 13.8 Å². The van der Waals surface area contributed by atoms with Crippen LogP contribution in [0.25, 0.3) is 0 Å². The van der Waals surface area contributed by atoms with Crippen molar-refractivity contribution in [2.75, 3.05) is 7.11 Å². The van der Waals surface area contributed by atoms with Crippen LogP contribution in [-0.4, -0.2) is 11.7 Å². The molecule has 0 N–H and O–H groups in total. The highest BCUT2D eigenvalue weighted by molar-refractivity contribution is 5.37. The molecule has 3 nitrogen and oxygen atoms in total. The molecule has 1 rings (SSSR count). The van der Waals surface area contributed by atoms with Gasteiger partial charge in [-0.05, 0) is 13.8 Å². The van der Waals surface area contributed by atoms with Crippen molar-refractivity contribution in [1.82, 2.24) is 4.57 Å². The number of methoxy groups -OCH3 is 1. The number of nitrogens with zero attached hydrogens (tertiary/aromatic N) is 1. The zero-order valence-corrected chi connectivity index (χ0v) is 7.84. The first-order valence-electron chi connectivity index (χ1n) is 3.78. The molecule has 0 amide bonds. The molecular weight excluding hydrogens is 154 g/mol. The average Bonchev–Trinajstić information content (AvgIpc) is 2.01. The highest BCUT2D eigenvalue weighted by atomic mass is 16.5. The van der Waals surface area contributed by atoms with Crippen molar-refractivity contribution in [3.05, 3.63) is 27.7 Å². The monoisotopic (exact) mass is 167 g/mol. The van der Waals surface area contributed by atoms with Gasteiger partial charge in [0.1, 0.15) is 5.75 Å². The van der Waals surface area contributed by atoms with E-state index in [4.69, 9.17) is 4.74 Å². The molecule has 12 heavy (non-hydrogen) atoms. The molecule has 0 saturated heterocycles. The fraction of sp³-hybridized carbons (Fsp3) is 0.444. The van der Waals surface area contributed by atoms with Crippen LogP contribution in [-0.2, 0) is 7.05 Å².